The average Bonchev–Trinajstić information content (AvgIpc) is 2.71. The van der Waals surface area contributed by atoms with E-state index in [0.717, 1.165) is 4.57 Å². The third kappa shape index (κ3) is 5.06. The maximum absolute atomic E-state index is 13.2. The van der Waals surface area contributed by atoms with Crippen molar-refractivity contribution in [2.75, 3.05) is 11.9 Å². The van der Waals surface area contributed by atoms with Crippen LogP contribution in [0.25, 0.3) is 16.6 Å². The van der Waals surface area contributed by atoms with E-state index in [1.807, 2.05) is 0 Å². The van der Waals surface area contributed by atoms with Crippen molar-refractivity contribution in [2.24, 2.45) is 0 Å². The molecule has 0 bridgehead atoms. The van der Waals surface area contributed by atoms with Crippen molar-refractivity contribution in [1.82, 2.24) is 14.9 Å². The number of hydrogen-bond acceptors (Lipinski definition) is 4. The first-order chi connectivity index (χ1) is 15.3. The molecule has 33 heavy (non-hydrogen) atoms. The predicted octanol–water partition coefficient (Wildman–Crippen LogP) is 4.41. The molecule has 7 nitrogen and oxygen atoms in total. The summed E-state index contributed by atoms with van der Waals surface area (Å²) in [5, 5.41) is 13.9. The third-order valence-electron chi connectivity index (χ3n) is 4.49. The summed E-state index contributed by atoms with van der Waals surface area (Å²) in [5.41, 5.74) is -0.265. The highest BCUT2D eigenvalue weighted by atomic mass is 35.5. The number of amides is 2. The molecule has 0 spiro atoms. The van der Waals surface area contributed by atoms with E-state index in [2.05, 4.69) is 10.3 Å². The maximum atomic E-state index is 13.2. The van der Waals surface area contributed by atoms with Crippen LogP contribution in [0.4, 0.5) is 32.4 Å². The summed E-state index contributed by atoms with van der Waals surface area (Å²) in [6, 6.07) is 8.69. The van der Waals surface area contributed by atoms with Crippen LogP contribution in [0.5, 0.6) is 0 Å². The smallest absolute Gasteiger partial charge is 0.385 e. The van der Waals surface area contributed by atoms with Gasteiger partial charge in [0.25, 0.3) is 5.56 Å². The van der Waals surface area contributed by atoms with E-state index in [9.17, 15) is 36.6 Å². The zero-order valence-electron chi connectivity index (χ0n) is 16.8. The van der Waals surface area contributed by atoms with E-state index in [-0.39, 0.29) is 33.1 Å². The van der Waals surface area contributed by atoms with E-state index in [1.54, 1.807) is 6.07 Å². The van der Waals surface area contributed by atoms with Gasteiger partial charge in [-0.2, -0.15) is 22.0 Å². The van der Waals surface area contributed by atoms with Crippen molar-refractivity contribution in [1.29, 1.82) is 0 Å². The van der Waals surface area contributed by atoms with Crippen LogP contribution < -0.4 is 16.2 Å². The van der Waals surface area contributed by atoms with Gasteiger partial charge in [0.15, 0.2) is 0 Å². The van der Waals surface area contributed by atoms with Crippen molar-refractivity contribution >= 4 is 34.2 Å². The molecule has 0 radical (unpaired) electrons. The molecule has 1 aromatic heterocycles. The van der Waals surface area contributed by atoms with Gasteiger partial charge in [0.1, 0.15) is 11.9 Å². The summed E-state index contributed by atoms with van der Waals surface area (Å²) < 4.78 is 63.8. The fourth-order valence-corrected chi connectivity index (χ4v) is 3.18. The number of aliphatic hydroxyl groups is 1. The van der Waals surface area contributed by atoms with Gasteiger partial charge in [0, 0.05) is 5.69 Å². The minimum Gasteiger partial charge on any atom is -0.385 e. The number of benzene rings is 2. The number of hydrogen-bond donors (Lipinski definition) is 3. The predicted molar refractivity (Wildman–Crippen MR) is 111 cm³/mol. The standard InChI is InChI=1S/C20H16ClF5N4O3/c1-10(31)16-29-14-7-3-6-13(21)15(14)17(32)30(16)12-5-2-4-11(8-12)28-18(33)27-9-19(22,23)20(24,25)26/h2-8,10,31H,9H2,1H3,(H2,27,28,33). The molecule has 2 aromatic carbocycles. The molecule has 1 heterocycles. The SMILES string of the molecule is CC(O)c1nc2cccc(Cl)c2c(=O)n1-c1cccc(NC(=O)NCC(F)(F)C(F)(F)F)c1. The Bertz CT molecular complexity index is 1260. The number of anilines is 1. The van der Waals surface area contributed by atoms with Crippen LogP contribution in [0.1, 0.15) is 18.9 Å². The quantitative estimate of drug-likeness (QED) is 0.462. The van der Waals surface area contributed by atoms with Crippen LogP contribution in [0.2, 0.25) is 5.02 Å². The number of carbonyl (C=O) groups excluding carboxylic acids is 1. The summed E-state index contributed by atoms with van der Waals surface area (Å²) in [7, 11) is 0. The second-order valence-corrected chi connectivity index (χ2v) is 7.39. The molecule has 13 heteroatoms. The molecule has 3 rings (SSSR count). The molecule has 0 saturated heterocycles. The average molecular weight is 491 g/mol. The Labute approximate surface area is 187 Å². The van der Waals surface area contributed by atoms with Gasteiger partial charge in [0.05, 0.1) is 28.2 Å². The molecule has 1 atom stereocenters. The van der Waals surface area contributed by atoms with E-state index < -0.39 is 36.3 Å². The van der Waals surface area contributed by atoms with E-state index in [1.165, 1.54) is 48.6 Å². The molecular formula is C20H16ClF5N4O3. The Kier molecular flexibility index (Phi) is 6.61. The van der Waals surface area contributed by atoms with Gasteiger partial charge >= 0.3 is 18.1 Å². The molecule has 0 fully saturated rings. The molecule has 1 unspecified atom stereocenters. The largest absolute Gasteiger partial charge is 0.455 e. The molecule has 2 amide bonds. The van der Waals surface area contributed by atoms with Crippen LogP contribution >= 0.6 is 11.6 Å². The molecule has 3 aromatic rings. The third-order valence-corrected chi connectivity index (χ3v) is 4.81. The zero-order valence-corrected chi connectivity index (χ0v) is 17.5. The van der Waals surface area contributed by atoms with Gasteiger partial charge in [-0.05, 0) is 37.3 Å². The number of rotatable bonds is 5. The second kappa shape index (κ2) is 8.94. The lowest BCUT2D eigenvalue weighted by Gasteiger charge is -2.20. The Morgan fingerprint density at radius 2 is 1.85 bits per heavy atom. The molecular weight excluding hydrogens is 475 g/mol. The number of carbonyl (C=O) groups is 1. The van der Waals surface area contributed by atoms with Gasteiger partial charge in [-0.1, -0.05) is 23.7 Å². The molecule has 0 saturated carbocycles. The number of alkyl halides is 5. The maximum Gasteiger partial charge on any atom is 0.455 e. The first-order valence-electron chi connectivity index (χ1n) is 9.31. The summed E-state index contributed by atoms with van der Waals surface area (Å²) in [6.45, 7) is -0.578. The second-order valence-electron chi connectivity index (χ2n) is 6.98. The highest BCUT2D eigenvalue weighted by Crippen LogP contribution is 2.34. The minimum absolute atomic E-state index is 0.0250. The minimum atomic E-state index is -5.82. The molecule has 0 aliphatic rings. The monoisotopic (exact) mass is 490 g/mol. The number of nitrogens with zero attached hydrogens (tertiary/aromatic N) is 2. The van der Waals surface area contributed by atoms with Gasteiger partial charge in [0.2, 0.25) is 0 Å². The van der Waals surface area contributed by atoms with Crippen LogP contribution in [-0.2, 0) is 0 Å². The Morgan fingerprint density at radius 3 is 2.48 bits per heavy atom. The van der Waals surface area contributed by atoms with Gasteiger partial charge < -0.3 is 15.7 Å². The number of aromatic nitrogens is 2. The van der Waals surface area contributed by atoms with Crippen LogP contribution in [0, 0.1) is 0 Å². The topological polar surface area (TPSA) is 96.2 Å². The zero-order chi connectivity index (χ0) is 24.6. The fraction of sp³-hybridized carbons (Fsp3) is 0.250. The van der Waals surface area contributed by atoms with Gasteiger partial charge in [-0.25, -0.2) is 9.78 Å². The Balaban J connectivity index is 1.95. The van der Waals surface area contributed by atoms with Crippen molar-refractivity contribution < 1.29 is 31.9 Å². The molecule has 176 valence electrons. The Morgan fingerprint density at radius 1 is 1.18 bits per heavy atom. The number of urea groups is 1. The van der Waals surface area contributed by atoms with Gasteiger partial charge in [-0.15, -0.1) is 0 Å². The normalized spacial score (nSPS) is 13.1. The fourth-order valence-electron chi connectivity index (χ4n) is 2.93. The van der Waals surface area contributed by atoms with Crippen LogP contribution in [0.3, 0.4) is 0 Å². The van der Waals surface area contributed by atoms with Gasteiger partial charge in [-0.3, -0.25) is 9.36 Å². The molecule has 3 N–H and O–H groups in total. The van der Waals surface area contributed by atoms with Crippen molar-refractivity contribution in [2.45, 2.75) is 25.1 Å². The van der Waals surface area contributed by atoms with Crippen molar-refractivity contribution in [3.05, 3.63) is 63.7 Å². The van der Waals surface area contributed by atoms with Crippen LogP contribution in [0.15, 0.2) is 47.3 Å². The van der Waals surface area contributed by atoms with E-state index in [4.69, 9.17) is 11.6 Å². The number of halogens is 6. The molecule has 0 aliphatic carbocycles. The summed E-state index contributed by atoms with van der Waals surface area (Å²) >= 11 is 6.13. The lowest BCUT2D eigenvalue weighted by atomic mass is 10.2. The first-order valence-corrected chi connectivity index (χ1v) is 9.68. The van der Waals surface area contributed by atoms with Crippen LogP contribution in [-0.4, -0.2) is 39.3 Å². The lowest BCUT2D eigenvalue weighted by molar-refractivity contribution is -0.278. The van der Waals surface area contributed by atoms with Crippen molar-refractivity contribution in [3.8, 4) is 5.69 Å². The summed E-state index contributed by atoms with van der Waals surface area (Å²) in [4.78, 5) is 29.3. The number of aliphatic hydroxyl groups excluding tert-OH is 1. The highest BCUT2D eigenvalue weighted by Gasteiger charge is 2.57. The van der Waals surface area contributed by atoms with E-state index in [0.29, 0.717) is 0 Å². The lowest BCUT2D eigenvalue weighted by Crippen LogP contribution is -2.47. The first kappa shape index (κ1) is 24.4. The highest BCUT2D eigenvalue weighted by molar-refractivity contribution is 6.35. The number of nitrogens with one attached hydrogen (secondary N) is 2. The summed E-state index contributed by atoms with van der Waals surface area (Å²) in [5.74, 6) is -5.15. The van der Waals surface area contributed by atoms with Crippen molar-refractivity contribution in [3.63, 3.8) is 0 Å². The number of fused-ring (bicyclic) bond motifs is 1. The Hall–Kier alpha value is -3.25. The van der Waals surface area contributed by atoms with E-state index >= 15 is 0 Å². The molecule has 0 aliphatic heterocycles. The summed E-state index contributed by atoms with van der Waals surface area (Å²) in [6.07, 6.45) is -7.01.